The van der Waals surface area contributed by atoms with Crippen LogP contribution in [0.4, 0.5) is 13.2 Å². The normalized spacial score (nSPS) is 25.1. The Labute approximate surface area is 125 Å². The highest BCUT2D eigenvalue weighted by Crippen LogP contribution is 2.41. The van der Waals surface area contributed by atoms with Crippen molar-refractivity contribution in [3.8, 4) is 0 Å². The molecular weight excluding hydrogens is 301 g/mol. The molecule has 0 spiro atoms. The van der Waals surface area contributed by atoms with Crippen molar-refractivity contribution in [2.75, 3.05) is 0 Å². The van der Waals surface area contributed by atoms with E-state index in [1.54, 1.807) is 5.01 Å². The maximum Gasteiger partial charge on any atom is 0.417 e. The number of halogens is 4. The second kappa shape index (κ2) is 5.30. The van der Waals surface area contributed by atoms with Crippen molar-refractivity contribution in [2.45, 2.75) is 31.0 Å². The smallest absolute Gasteiger partial charge is 0.305 e. The molecule has 2 atom stereocenters. The van der Waals surface area contributed by atoms with Crippen LogP contribution in [0, 0.1) is 0 Å². The summed E-state index contributed by atoms with van der Waals surface area (Å²) in [5.74, 6) is 0.306. The molecule has 0 aromatic heterocycles. The Hall–Kier alpha value is -1.62. The lowest BCUT2D eigenvalue weighted by Crippen LogP contribution is -2.49. The fourth-order valence-electron chi connectivity index (χ4n) is 2.69. The molecule has 1 aromatic carbocycles. The minimum atomic E-state index is -4.31. The van der Waals surface area contributed by atoms with Gasteiger partial charge in [-0.3, -0.25) is 5.01 Å². The van der Waals surface area contributed by atoms with Crippen molar-refractivity contribution in [3.05, 3.63) is 58.9 Å². The molecule has 2 nitrogen and oxygen atoms in total. The summed E-state index contributed by atoms with van der Waals surface area (Å²) in [6.07, 6.45) is 1.24. The summed E-state index contributed by atoms with van der Waals surface area (Å²) in [5, 5.41) is 2.43. The van der Waals surface area contributed by atoms with Gasteiger partial charge in [0.1, 0.15) is 0 Å². The molecule has 1 fully saturated rings. The van der Waals surface area contributed by atoms with Crippen LogP contribution >= 0.6 is 11.6 Å². The van der Waals surface area contributed by atoms with Crippen LogP contribution in [-0.4, -0.2) is 17.2 Å². The minimum absolute atomic E-state index is 0.161. The Morgan fingerprint density at radius 1 is 1.14 bits per heavy atom. The highest BCUT2D eigenvalue weighted by Gasteiger charge is 2.38. The SMILES string of the molecule is FC(F)(F)C1=CNN([C@H]2CC[C@H]2c2ccc(Cl)cc2)C=C1. The van der Waals surface area contributed by atoms with Gasteiger partial charge in [0, 0.05) is 23.3 Å². The average Bonchev–Trinajstić information content (AvgIpc) is 2.40. The number of nitrogens with zero attached hydrogens (tertiary/aromatic N) is 1. The van der Waals surface area contributed by atoms with Gasteiger partial charge in [-0.05, 0) is 36.6 Å². The monoisotopic (exact) mass is 314 g/mol. The minimum Gasteiger partial charge on any atom is -0.305 e. The van der Waals surface area contributed by atoms with Crippen molar-refractivity contribution < 1.29 is 13.2 Å². The van der Waals surface area contributed by atoms with Crippen LogP contribution in [0.3, 0.4) is 0 Å². The van der Waals surface area contributed by atoms with Gasteiger partial charge < -0.3 is 5.43 Å². The lowest BCUT2D eigenvalue weighted by molar-refractivity contribution is -0.0898. The third kappa shape index (κ3) is 2.88. The number of allylic oxidation sites excluding steroid dienone is 2. The summed E-state index contributed by atoms with van der Waals surface area (Å²) in [7, 11) is 0. The van der Waals surface area contributed by atoms with Crippen LogP contribution in [0.15, 0.2) is 48.3 Å². The van der Waals surface area contributed by atoms with E-state index < -0.39 is 11.7 Å². The molecule has 0 unspecified atom stereocenters. The number of alkyl halides is 3. The van der Waals surface area contributed by atoms with Crippen LogP contribution in [0.1, 0.15) is 24.3 Å². The fraction of sp³-hybridized carbons (Fsp3) is 0.333. The Kier molecular flexibility index (Phi) is 3.61. The second-order valence-corrected chi connectivity index (χ2v) is 5.69. The molecule has 112 valence electrons. The molecule has 1 saturated carbocycles. The number of hydrazine groups is 1. The molecule has 0 radical (unpaired) electrons. The third-order valence-corrected chi connectivity index (χ3v) is 4.26. The van der Waals surface area contributed by atoms with Gasteiger partial charge in [0.05, 0.1) is 11.6 Å². The first-order valence-corrected chi connectivity index (χ1v) is 7.08. The van der Waals surface area contributed by atoms with E-state index in [0.717, 1.165) is 30.7 Å². The first-order valence-electron chi connectivity index (χ1n) is 6.71. The molecule has 2 aliphatic rings. The van der Waals surface area contributed by atoms with E-state index in [0.29, 0.717) is 10.9 Å². The molecule has 1 aromatic rings. The predicted octanol–water partition coefficient (Wildman–Crippen LogP) is 4.37. The molecule has 3 rings (SSSR count). The number of nitrogens with one attached hydrogen (secondary N) is 1. The van der Waals surface area contributed by atoms with Gasteiger partial charge in [0.2, 0.25) is 0 Å². The Morgan fingerprint density at radius 2 is 1.86 bits per heavy atom. The molecule has 0 amide bonds. The molecule has 0 saturated heterocycles. The van der Waals surface area contributed by atoms with Crippen LogP contribution in [0.25, 0.3) is 0 Å². The molecule has 6 heteroatoms. The first kappa shape index (κ1) is 14.3. The highest BCUT2D eigenvalue weighted by molar-refractivity contribution is 6.30. The topological polar surface area (TPSA) is 15.3 Å². The maximum atomic E-state index is 12.6. The van der Waals surface area contributed by atoms with Gasteiger partial charge in [-0.2, -0.15) is 13.2 Å². The molecule has 1 aliphatic carbocycles. The number of rotatable bonds is 2. The summed E-state index contributed by atoms with van der Waals surface area (Å²) < 4.78 is 37.7. The standard InChI is InChI=1S/C15H14ClF3N2/c16-12-3-1-10(2-4-12)13-5-6-14(13)21-8-7-11(9-20-21)15(17,18)19/h1-4,7-9,13-14,20H,5-6H2/t13-,14-/m0/s1. The average molecular weight is 315 g/mol. The summed E-state index contributed by atoms with van der Waals surface area (Å²) in [5.41, 5.74) is 3.22. The second-order valence-electron chi connectivity index (χ2n) is 5.25. The van der Waals surface area contributed by atoms with Crippen molar-refractivity contribution in [1.29, 1.82) is 0 Å². The van der Waals surface area contributed by atoms with Crippen molar-refractivity contribution >= 4 is 11.6 Å². The summed E-state index contributed by atoms with van der Waals surface area (Å²) >= 11 is 5.87. The van der Waals surface area contributed by atoms with Crippen molar-refractivity contribution in [3.63, 3.8) is 0 Å². The maximum absolute atomic E-state index is 12.6. The lowest BCUT2D eigenvalue weighted by Gasteiger charge is -2.44. The van der Waals surface area contributed by atoms with Crippen LogP contribution < -0.4 is 5.43 Å². The molecule has 0 bridgehead atoms. The van der Waals surface area contributed by atoms with Gasteiger partial charge in [0.15, 0.2) is 0 Å². The summed E-state index contributed by atoms with van der Waals surface area (Å²) in [6, 6.07) is 7.79. The highest BCUT2D eigenvalue weighted by atomic mass is 35.5. The number of hydrogen-bond donors (Lipinski definition) is 1. The Bertz CT molecular complexity index is 578. The largest absolute Gasteiger partial charge is 0.417 e. The fourth-order valence-corrected chi connectivity index (χ4v) is 2.82. The van der Waals surface area contributed by atoms with E-state index in [4.69, 9.17) is 11.6 Å². The first-order chi connectivity index (χ1) is 9.95. The van der Waals surface area contributed by atoms with Crippen LogP contribution in [-0.2, 0) is 0 Å². The summed E-state index contributed by atoms with van der Waals surface area (Å²) in [6.45, 7) is 0. The van der Waals surface area contributed by atoms with Gasteiger partial charge in [-0.15, -0.1) is 0 Å². The van der Waals surface area contributed by atoms with E-state index >= 15 is 0 Å². The third-order valence-electron chi connectivity index (χ3n) is 4.00. The van der Waals surface area contributed by atoms with Gasteiger partial charge >= 0.3 is 6.18 Å². The zero-order valence-electron chi connectivity index (χ0n) is 11.1. The van der Waals surface area contributed by atoms with Gasteiger partial charge in [-0.25, -0.2) is 0 Å². The number of hydrogen-bond acceptors (Lipinski definition) is 2. The van der Waals surface area contributed by atoms with E-state index in [1.165, 1.54) is 6.20 Å². The lowest BCUT2D eigenvalue weighted by atomic mass is 9.74. The van der Waals surface area contributed by atoms with Gasteiger partial charge in [0.25, 0.3) is 0 Å². The molecule has 21 heavy (non-hydrogen) atoms. The van der Waals surface area contributed by atoms with E-state index in [2.05, 4.69) is 5.43 Å². The predicted molar refractivity (Wildman–Crippen MR) is 75.5 cm³/mol. The van der Waals surface area contributed by atoms with Crippen molar-refractivity contribution in [1.82, 2.24) is 10.4 Å². The van der Waals surface area contributed by atoms with Crippen LogP contribution in [0.5, 0.6) is 0 Å². The molecular formula is C15H14ClF3N2. The van der Waals surface area contributed by atoms with Gasteiger partial charge in [-0.1, -0.05) is 23.7 Å². The molecule has 1 aliphatic heterocycles. The zero-order chi connectivity index (χ0) is 15.0. The Balaban J connectivity index is 1.68. The summed E-state index contributed by atoms with van der Waals surface area (Å²) in [4.78, 5) is 0. The van der Waals surface area contributed by atoms with Crippen molar-refractivity contribution in [2.24, 2.45) is 0 Å². The van der Waals surface area contributed by atoms with Crippen LogP contribution in [0.2, 0.25) is 5.02 Å². The van der Waals surface area contributed by atoms with E-state index in [1.807, 2.05) is 24.3 Å². The number of benzene rings is 1. The van der Waals surface area contributed by atoms with E-state index in [-0.39, 0.29) is 6.04 Å². The van der Waals surface area contributed by atoms with E-state index in [9.17, 15) is 13.2 Å². The molecule has 1 N–H and O–H groups in total. The Morgan fingerprint density at radius 3 is 2.33 bits per heavy atom. The zero-order valence-corrected chi connectivity index (χ0v) is 11.8. The molecule has 1 heterocycles. The quantitative estimate of drug-likeness (QED) is 0.872.